The second kappa shape index (κ2) is 17.9. The van der Waals surface area contributed by atoms with Crippen molar-refractivity contribution in [3.8, 4) is 0 Å². The molecule has 0 bridgehead atoms. The molecule has 8 heteroatoms. The van der Waals surface area contributed by atoms with Gasteiger partial charge in [-0.1, -0.05) is 18.7 Å². The van der Waals surface area contributed by atoms with E-state index in [0.717, 1.165) is 35.4 Å². The fourth-order valence-electron chi connectivity index (χ4n) is 1.79. The number of carbonyl (C=O) groups excluding carboxylic acids is 1. The fourth-order valence-corrected chi connectivity index (χ4v) is 2.75. The molecule has 0 aliphatic carbocycles. The van der Waals surface area contributed by atoms with E-state index < -0.39 is 0 Å². The number of para-hydroxylation sites is 1. The Labute approximate surface area is 165 Å². The molecule has 0 unspecified atom stereocenters. The van der Waals surface area contributed by atoms with E-state index in [9.17, 15) is 0 Å². The van der Waals surface area contributed by atoms with Crippen LogP contribution in [0.4, 0.5) is 0 Å². The molecule has 146 valence electrons. The third-order valence-electron chi connectivity index (χ3n) is 2.78. The topological polar surface area (TPSA) is 120 Å². The van der Waals surface area contributed by atoms with Gasteiger partial charge in [0.1, 0.15) is 11.8 Å². The van der Waals surface area contributed by atoms with Gasteiger partial charge in [0.15, 0.2) is 5.96 Å². The summed E-state index contributed by atoms with van der Waals surface area (Å²) < 4.78 is 1.21. The van der Waals surface area contributed by atoms with E-state index in [4.69, 9.17) is 16.3 Å². The van der Waals surface area contributed by atoms with Gasteiger partial charge in [-0.05, 0) is 56.5 Å². The molecule has 1 heterocycles. The van der Waals surface area contributed by atoms with Crippen LogP contribution in [0.1, 0.15) is 24.3 Å². The van der Waals surface area contributed by atoms with E-state index >= 15 is 0 Å². The third-order valence-corrected chi connectivity index (χ3v) is 3.92. The van der Waals surface area contributed by atoms with Crippen LogP contribution < -0.4 is 17.2 Å². The van der Waals surface area contributed by atoms with E-state index in [0.29, 0.717) is 6.54 Å². The van der Waals surface area contributed by atoms with Gasteiger partial charge in [0.05, 0.1) is 10.2 Å². The van der Waals surface area contributed by atoms with Crippen LogP contribution in [0.3, 0.4) is 0 Å². The molecule has 0 aliphatic heterocycles. The monoisotopic (exact) mass is 397 g/mol. The summed E-state index contributed by atoms with van der Waals surface area (Å²) in [5.74, 6) is 0.157. The number of benzene rings is 1. The summed E-state index contributed by atoms with van der Waals surface area (Å²) in [7, 11) is 1.50. The van der Waals surface area contributed by atoms with Gasteiger partial charge in [-0.15, -0.1) is 11.3 Å². The zero-order chi connectivity index (χ0) is 20.4. The van der Waals surface area contributed by atoms with Gasteiger partial charge in [-0.2, -0.15) is 11.8 Å². The van der Waals surface area contributed by atoms with Gasteiger partial charge in [0, 0.05) is 6.54 Å². The standard InChI is InChI=1S/C14H18N4S.C2H6S.CH5N.CH2O/c1-10(6-4-5-9-17-14(15)16)13-18-11-7-2-3-8-12(11)19-13;1-3-2;2*1-2/h2-3,7-8H,1,4-6,9H2,(H4,15,16,17);1-2H3;2H2,1H3;1H2. The van der Waals surface area contributed by atoms with Crippen LogP contribution in [0.25, 0.3) is 15.8 Å². The highest BCUT2D eigenvalue weighted by atomic mass is 32.2. The molecule has 1 aromatic heterocycles. The van der Waals surface area contributed by atoms with E-state index in [2.05, 4.69) is 28.4 Å². The van der Waals surface area contributed by atoms with Crippen molar-refractivity contribution in [1.29, 1.82) is 0 Å². The Hall–Kier alpha value is -1.90. The number of fused-ring (bicyclic) bond motifs is 1. The molecule has 0 radical (unpaired) electrons. The Bertz CT molecular complexity index is 606. The molecule has 2 aromatic rings. The van der Waals surface area contributed by atoms with Crippen molar-refractivity contribution < 1.29 is 4.79 Å². The van der Waals surface area contributed by atoms with E-state index in [1.807, 2.05) is 37.5 Å². The van der Waals surface area contributed by atoms with Crippen LogP contribution >= 0.6 is 23.1 Å². The number of rotatable bonds is 6. The fraction of sp³-hybridized carbons (Fsp3) is 0.389. The first-order chi connectivity index (χ1) is 12.6. The minimum atomic E-state index is 0.157. The predicted molar refractivity (Wildman–Crippen MR) is 120 cm³/mol. The first kappa shape index (κ1) is 26.3. The number of hydrogen-bond donors (Lipinski definition) is 3. The first-order valence-electron chi connectivity index (χ1n) is 7.94. The molecule has 0 aliphatic rings. The van der Waals surface area contributed by atoms with Gasteiger partial charge in [0.2, 0.25) is 0 Å². The summed E-state index contributed by atoms with van der Waals surface area (Å²) in [6.45, 7) is 6.79. The van der Waals surface area contributed by atoms with Gasteiger partial charge >= 0.3 is 0 Å². The van der Waals surface area contributed by atoms with Crippen molar-refractivity contribution in [3.63, 3.8) is 0 Å². The second-order valence-corrected chi connectivity index (χ2v) is 6.61. The lowest BCUT2D eigenvalue weighted by Gasteiger charge is -2.00. The molecule has 0 fully saturated rings. The maximum Gasteiger partial charge on any atom is 0.185 e. The maximum absolute atomic E-state index is 8.00. The van der Waals surface area contributed by atoms with Crippen LogP contribution in [-0.2, 0) is 4.79 Å². The number of unbranched alkanes of at least 4 members (excludes halogenated alkanes) is 1. The molecular formula is C18H31N5OS2. The lowest BCUT2D eigenvalue weighted by molar-refractivity contribution is -0.0979. The highest BCUT2D eigenvalue weighted by Gasteiger charge is 2.06. The number of thioether (sulfide) groups is 1. The van der Waals surface area contributed by atoms with Crippen molar-refractivity contribution in [3.05, 3.63) is 35.9 Å². The summed E-state index contributed by atoms with van der Waals surface area (Å²) in [5.41, 5.74) is 17.2. The molecule has 6 nitrogen and oxygen atoms in total. The zero-order valence-electron chi connectivity index (χ0n) is 15.9. The Balaban J connectivity index is 0. The highest BCUT2D eigenvalue weighted by molar-refractivity contribution is 7.97. The summed E-state index contributed by atoms with van der Waals surface area (Å²) in [6.07, 6.45) is 6.99. The smallest absolute Gasteiger partial charge is 0.185 e. The Morgan fingerprint density at radius 1 is 1.19 bits per heavy atom. The summed E-state index contributed by atoms with van der Waals surface area (Å²) in [5, 5.41) is 1.03. The van der Waals surface area contributed by atoms with Crippen molar-refractivity contribution in [2.24, 2.45) is 22.2 Å². The molecule has 0 saturated carbocycles. The number of hydrogen-bond acceptors (Lipinski definition) is 6. The number of thiazole rings is 1. The number of nitrogens with two attached hydrogens (primary N) is 3. The predicted octanol–water partition coefficient (Wildman–Crippen LogP) is 3.12. The molecule has 6 N–H and O–H groups in total. The molecular weight excluding hydrogens is 366 g/mol. The Morgan fingerprint density at radius 2 is 1.77 bits per heavy atom. The molecule has 0 saturated heterocycles. The maximum atomic E-state index is 8.00. The van der Waals surface area contributed by atoms with Crippen LogP contribution in [0.2, 0.25) is 0 Å². The third kappa shape index (κ3) is 11.6. The van der Waals surface area contributed by atoms with Crippen molar-refractivity contribution in [1.82, 2.24) is 4.98 Å². The number of aromatic nitrogens is 1. The SMILES string of the molecule is C=C(CCCCN=C(N)N)c1nc2ccccc2s1.C=O.CN.CSC. The number of carbonyl (C=O) groups is 1. The lowest BCUT2D eigenvalue weighted by Crippen LogP contribution is -2.22. The van der Waals surface area contributed by atoms with E-state index in [1.165, 1.54) is 11.7 Å². The van der Waals surface area contributed by atoms with Gasteiger partial charge in [-0.3, -0.25) is 4.99 Å². The van der Waals surface area contributed by atoms with Crippen molar-refractivity contribution in [2.45, 2.75) is 19.3 Å². The highest BCUT2D eigenvalue weighted by Crippen LogP contribution is 2.28. The Morgan fingerprint density at radius 3 is 2.31 bits per heavy atom. The zero-order valence-corrected chi connectivity index (χ0v) is 17.5. The molecule has 0 amide bonds. The Kier molecular flexibility index (Phi) is 18.1. The number of allylic oxidation sites excluding steroid dienone is 1. The minimum Gasteiger partial charge on any atom is -0.370 e. The number of guanidine groups is 1. The quantitative estimate of drug-likeness (QED) is 0.391. The van der Waals surface area contributed by atoms with Crippen LogP contribution in [-0.4, -0.2) is 43.8 Å². The molecule has 1 aromatic carbocycles. The first-order valence-corrected chi connectivity index (χ1v) is 10.4. The van der Waals surface area contributed by atoms with Gasteiger partial charge in [0.25, 0.3) is 0 Å². The summed E-state index contributed by atoms with van der Waals surface area (Å²) >= 11 is 3.45. The average molecular weight is 398 g/mol. The van der Waals surface area contributed by atoms with Crippen molar-refractivity contribution >= 4 is 51.6 Å². The van der Waals surface area contributed by atoms with Crippen LogP contribution in [0, 0.1) is 0 Å². The number of aliphatic imine (C=N–C) groups is 1. The lowest BCUT2D eigenvalue weighted by atomic mass is 10.1. The summed E-state index contributed by atoms with van der Waals surface area (Å²) in [6, 6.07) is 8.15. The molecule has 26 heavy (non-hydrogen) atoms. The van der Waals surface area contributed by atoms with E-state index in [1.54, 1.807) is 23.1 Å². The van der Waals surface area contributed by atoms with Gasteiger partial charge < -0.3 is 22.0 Å². The van der Waals surface area contributed by atoms with Crippen LogP contribution in [0.5, 0.6) is 0 Å². The minimum absolute atomic E-state index is 0.157. The van der Waals surface area contributed by atoms with Crippen molar-refractivity contribution in [2.75, 3.05) is 26.1 Å². The van der Waals surface area contributed by atoms with Crippen LogP contribution in [0.15, 0.2) is 35.8 Å². The largest absolute Gasteiger partial charge is 0.370 e. The molecule has 2 rings (SSSR count). The summed E-state index contributed by atoms with van der Waals surface area (Å²) in [4.78, 5) is 16.5. The second-order valence-electron chi connectivity index (χ2n) is 4.76. The molecule has 0 spiro atoms. The van der Waals surface area contributed by atoms with E-state index in [-0.39, 0.29) is 5.96 Å². The molecule has 0 atom stereocenters. The van der Waals surface area contributed by atoms with Gasteiger partial charge in [-0.25, -0.2) is 4.98 Å². The normalized spacial score (nSPS) is 8.77. The average Bonchev–Trinajstić information content (AvgIpc) is 3.09. The number of nitrogens with zero attached hydrogens (tertiary/aromatic N) is 2.